The van der Waals surface area contributed by atoms with Crippen LogP contribution in [-0.2, 0) is 32.0 Å². The number of aliphatic imine (C=N–C) groups is 2. The molecule has 6 rings (SSSR count). The van der Waals surface area contributed by atoms with Gasteiger partial charge in [-0.3, -0.25) is 0 Å². The molecule has 252 valence electrons. The number of hydrogen-bond donors (Lipinski definition) is 4. The van der Waals surface area contributed by atoms with E-state index in [0.717, 1.165) is 66.6 Å². The Morgan fingerprint density at radius 2 is 1.10 bits per heavy atom. The molecule has 2 radical (unpaired) electrons. The standard InChI is InChI=1S/C36H38N4O8.Sn/c1-17-21(5-9-33(41)42)29-14-26-19(3)23(7-11-35(45)46)31(39-26)16-28-20(4)24(8-12-36(47)48)32(40-28)15-27-18(2)22(6-10-34(43)44)30(38-27)13-25(17)37-29;/h13-16H,5-12H2,1-4H3,(H6,37,38,39,40,41,42,43,44,45,46,47,48);/q;+2/p-2. The van der Waals surface area contributed by atoms with Gasteiger partial charge in [0.1, 0.15) is 0 Å². The third-order valence-electron chi connectivity index (χ3n) is 9.68. The Kier molecular flexibility index (Phi) is 9.27. The molecular weight excluding hydrogens is 735 g/mol. The van der Waals surface area contributed by atoms with Crippen molar-refractivity contribution in [3.05, 3.63) is 78.0 Å². The van der Waals surface area contributed by atoms with Crippen molar-refractivity contribution in [3.63, 3.8) is 0 Å². The summed E-state index contributed by atoms with van der Waals surface area (Å²) in [5, 5.41) is 40.2. The summed E-state index contributed by atoms with van der Waals surface area (Å²) in [5.74, 6) is -3.67. The van der Waals surface area contributed by atoms with Crippen LogP contribution in [0.15, 0.2) is 43.7 Å². The molecule has 0 saturated heterocycles. The fraction of sp³-hybridized carbons (Fsp3) is 0.333. The second-order valence-corrected chi connectivity index (χ2v) is 15.8. The van der Waals surface area contributed by atoms with E-state index in [4.69, 9.17) is 9.98 Å². The topological polar surface area (TPSA) is 184 Å². The van der Waals surface area contributed by atoms with Gasteiger partial charge in [-0.1, -0.05) is 0 Å². The number of rotatable bonds is 12. The van der Waals surface area contributed by atoms with E-state index in [2.05, 4.69) is 5.58 Å². The van der Waals surface area contributed by atoms with Gasteiger partial charge >= 0.3 is 294 Å². The molecule has 13 heteroatoms. The van der Waals surface area contributed by atoms with E-state index in [1.54, 1.807) is 0 Å². The van der Waals surface area contributed by atoms with Gasteiger partial charge in [-0.2, -0.15) is 0 Å². The van der Waals surface area contributed by atoms with Gasteiger partial charge < -0.3 is 0 Å². The minimum atomic E-state index is -1.93. The molecule has 0 aliphatic carbocycles. The second kappa shape index (κ2) is 13.3. The van der Waals surface area contributed by atoms with E-state index in [9.17, 15) is 39.6 Å². The van der Waals surface area contributed by atoms with Crippen LogP contribution in [0.3, 0.4) is 0 Å². The molecule has 6 heterocycles. The van der Waals surface area contributed by atoms with E-state index >= 15 is 0 Å². The van der Waals surface area contributed by atoms with Gasteiger partial charge in [0.2, 0.25) is 0 Å². The second-order valence-electron chi connectivity index (χ2n) is 12.6. The summed E-state index contributed by atoms with van der Waals surface area (Å²) >= 11 is -1.93. The van der Waals surface area contributed by atoms with Gasteiger partial charge in [-0.25, -0.2) is 0 Å². The van der Waals surface area contributed by atoms with Crippen molar-refractivity contribution in [1.82, 2.24) is 5.58 Å². The zero-order chi connectivity index (χ0) is 35.3. The molecule has 0 spiro atoms. The zero-order valence-corrected chi connectivity index (χ0v) is 30.5. The van der Waals surface area contributed by atoms with E-state index in [1.807, 2.05) is 52.0 Å². The van der Waals surface area contributed by atoms with Crippen molar-refractivity contribution in [2.24, 2.45) is 9.98 Å². The molecule has 4 aliphatic rings. The molecule has 49 heavy (non-hydrogen) atoms. The van der Waals surface area contributed by atoms with E-state index < -0.39 is 45.6 Å². The molecule has 2 aromatic rings. The summed E-state index contributed by atoms with van der Waals surface area (Å²) in [4.78, 5) is 57.1. The van der Waals surface area contributed by atoms with Gasteiger partial charge in [-0.05, 0) is 0 Å². The van der Waals surface area contributed by atoms with Crippen LogP contribution >= 0.6 is 0 Å². The van der Waals surface area contributed by atoms with Gasteiger partial charge in [0, 0.05) is 0 Å². The number of aromatic nitrogens is 2. The molecule has 12 nitrogen and oxygen atoms in total. The molecule has 2 aromatic heterocycles. The van der Waals surface area contributed by atoms with Crippen LogP contribution in [0.4, 0.5) is 0 Å². The van der Waals surface area contributed by atoms with E-state index in [0.29, 0.717) is 22.8 Å². The Balaban J connectivity index is 1.75. The molecule has 6 bridgehead atoms. The van der Waals surface area contributed by atoms with Crippen molar-refractivity contribution in [2.45, 2.75) is 79.1 Å². The summed E-state index contributed by atoms with van der Waals surface area (Å²) < 4.78 is 4.55. The maximum atomic E-state index is 11.9. The van der Waals surface area contributed by atoms with Crippen LogP contribution < -0.4 is 10.7 Å². The number of hydrogen-bond acceptors (Lipinski definition) is 6. The molecule has 0 aromatic carbocycles. The van der Waals surface area contributed by atoms with Crippen molar-refractivity contribution in [1.29, 1.82) is 0 Å². The normalized spacial score (nSPS) is 16.0. The fourth-order valence-electron chi connectivity index (χ4n) is 7.01. The molecule has 4 N–H and O–H groups in total. The third kappa shape index (κ3) is 6.41. The van der Waals surface area contributed by atoms with Crippen molar-refractivity contribution in [2.75, 3.05) is 0 Å². The first-order valence-electron chi connectivity index (χ1n) is 16.1. The quantitative estimate of drug-likeness (QED) is 0.237. The summed E-state index contributed by atoms with van der Waals surface area (Å²) in [6, 6.07) is 0. The SMILES string of the molecule is CC1=C(CCC(=O)O)C2=Cc3c(C)c(CCC(=O)O)c4[n]3[Sn][n]3c(c(C)c(CCC(=O)O)c3=CC1=N2)=CC1=NC(=C4)C(C)=C1CCC(=O)O. The molecule has 4 aliphatic heterocycles. The molecule has 0 saturated carbocycles. The van der Waals surface area contributed by atoms with Crippen molar-refractivity contribution >= 4 is 81.3 Å². The number of allylic oxidation sites excluding steroid dienone is 4. The summed E-state index contributed by atoms with van der Waals surface area (Å²) in [5.41, 5.74) is 11.3. The predicted octanol–water partition coefficient (Wildman–Crippen LogP) is 3.41. The van der Waals surface area contributed by atoms with Gasteiger partial charge in [0.25, 0.3) is 0 Å². The Hall–Kier alpha value is -4.72. The molecular formula is C36H36N4O8Sn. The minimum absolute atomic E-state index is 0.0703. The van der Waals surface area contributed by atoms with E-state index in [1.165, 1.54) is 0 Å². The number of carboxylic acids is 4. The van der Waals surface area contributed by atoms with Gasteiger partial charge in [-0.15, -0.1) is 0 Å². The van der Waals surface area contributed by atoms with Gasteiger partial charge in [0.05, 0.1) is 0 Å². The number of carbonyl (C=O) groups is 4. The van der Waals surface area contributed by atoms with Crippen LogP contribution in [0.2, 0.25) is 0 Å². The van der Waals surface area contributed by atoms with Crippen LogP contribution in [0, 0.1) is 13.8 Å². The van der Waals surface area contributed by atoms with Crippen molar-refractivity contribution in [3.8, 4) is 0 Å². The Morgan fingerprint density at radius 3 is 1.73 bits per heavy atom. The maximum absolute atomic E-state index is 11.9. The Labute approximate surface area is 292 Å². The molecule has 0 unspecified atom stereocenters. The Morgan fingerprint density at radius 1 is 0.571 bits per heavy atom. The summed E-state index contributed by atoms with van der Waals surface area (Å²) in [6.45, 7) is 7.81. The average molecular weight is 771 g/mol. The first kappa shape index (κ1) is 34.2. The van der Waals surface area contributed by atoms with Crippen molar-refractivity contribution < 1.29 is 39.6 Å². The van der Waals surface area contributed by atoms with Crippen LogP contribution in [0.5, 0.6) is 0 Å². The number of aliphatic carboxylic acids is 4. The first-order valence-corrected chi connectivity index (χ1v) is 18.6. The predicted molar refractivity (Wildman–Crippen MR) is 185 cm³/mol. The monoisotopic (exact) mass is 772 g/mol. The average Bonchev–Trinajstić information content (AvgIpc) is 3.65. The van der Waals surface area contributed by atoms with Gasteiger partial charge in [0.15, 0.2) is 0 Å². The van der Waals surface area contributed by atoms with E-state index in [-0.39, 0.29) is 51.4 Å². The first-order chi connectivity index (χ1) is 23.2. The Bertz CT molecular complexity index is 2200. The fourth-order valence-corrected chi connectivity index (χ4v) is 11.3. The molecule has 0 amide bonds. The molecule has 0 fully saturated rings. The number of carboxylic acid groups (broad SMARTS) is 4. The van der Waals surface area contributed by atoms with Crippen LogP contribution in [0.25, 0.3) is 24.3 Å². The van der Waals surface area contributed by atoms with Crippen LogP contribution in [-0.4, -0.2) is 83.0 Å². The summed E-state index contributed by atoms with van der Waals surface area (Å²) in [7, 11) is 0. The number of fused-ring (bicyclic) bond motifs is 2. The van der Waals surface area contributed by atoms with Crippen LogP contribution in [0.1, 0.15) is 86.0 Å². The zero-order valence-electron chi connectivity index (χ0n) is 27.7. The number of nitrogens with zero attached hydrogens (tertiary/aromatic N) is 4. The molecule has 0 atom stereocenters. The third-order valence-corrected chi connectivity index (χ3v) is 13.6. The summed E-state index contributed by atoms with van der Waals surface area (Å²) in [6.07, 6.45) is 8.77.